The average Bonchev–Trinajstić information content (AvgIpc) is 3.23. The SMILES string of the molecule is CC(O)C(=O)OC(C)C(=O)OC(C)C(=O)OC(C)C(=O)OCC(COC(=O)C(C)OC(=O)C(C)OC(=O)C(C)OC(=O)C(C)O)OC(=O)C(C)OC(=O)C(C)OC(=O)C(C)OC(=O)C(C)O. The first-order valence-electron chi connectivity index (χ1n) is 19.8. The molecule has 0 rings (SSSR count). The van der Waals surface area contributed by atoms with Crippen molar-refractivity contribution in [1.29, 1.82) is 0 Å². The Bertz CT molecular complexity index is 1670. The molecule has 0 aromatic carbocycles. The highest BCUT2D eigenvalue weighted by Gasteiger charge is 2.34. The Kier molecular flexibility index (Phi) is 25.6. The molecule has 0 radical (unpaired) electrons. The van der Waals surface area contributed by atoms with Crippen LogP contribution in [0.3, 0.4) is 0 Å². The Hall–Kier alpha value is -6.48. The molecule has 12 unspecified atom stereocenters. The van der Waals surface area contributed by atoms with Gasteiger partial charge in [0, 0.05) is 0 Å². The minimum Gasteiger partial charge on any atom is -0.459 e. The van der Waals surface area contributed by atoms with Crippen molar-refractivity contribution in [2.45, 2.75) is 162 Å². The number of carbonyl (C=O) groups excluding carboxylic acids is 12. The summed E-state index contributed by atoms with van der Waals surface area (Å²) >= 11 is 0. The van der Waals surface area contributed by atoms with Crippen LogP contribution in [0.2, 0.25) is 0 Å². The number of hydrogen-bond donors (Lipinski definition) is 3. The van der Waals surface area contributed by atoms with Crippen LogP contribution in [-0.2, 0) is 114 Å². The molecule has 3 N–H and O–H groups in total. The molecule has 0 fully saturated rings. The van der Waals surface area contributed by atoms with Gasteiger partial charge in [0.2, 0.25) is 0 Å². The van der Waals surface area contributed by atoms with Gasteiger partial charge in [0.1, 0.15) is 31.5 Å². The maximum atomic E-state index is 13.0. The molecule has 374 valence electrons. The highest BCUT2D eigenvalue weighted by Crippen LogP contribution is 2.11. The molecule has 0 heterocycles. The Balaban J connectivity index is 5.82. The van der Waals surface area contributed by atoms with Gasteiger partial charge >= 0.3 is 71.6 Å². The van der Waals surface area contributed by atoms with Crippen LogP contribution in [0.5, 0.6) is 0 Å². The third-order valence-corrected chi connectivity index (χ3v) is 7.75. The third kappa shape index (κ3) is 21.9. The first kappa shape index (κ1) is 59.5. The molecule has 0 amide bonds. The van der Waals surface area contributed by atoms with Crippen LogP contribution in [0.25, 0.3) is 0 Å². The first-order valence-corrected chi connectivity index (χ1v) is 19.8. The summed E-state index contributed by atoms with van der Waals surface area (Å²) < 4.78 is 58.7. The predicted octanol–water partition coefficient (Wildman–Crippen LogP) is -2.49. The standard InChI is InChI=1S/C39H56O27/c1-15(40)28(43)57-20(6)33(48)62-23(9)36(51)60-18(4)31(46)55-13-27(66-39(54)26(12)65-38(53)25(11)64-35(50)22(8)59-30(45)17(3)42)14-56-32(47)19(5)61-37(52)24(10)63-34(49)21(7)58-29(44)16(2)41/h15-27,40-42H,13-14H2,1-12H3. The second kappa shape index (κ2) is 28.4. The summed E-state index contributed by atoms with van der Waals surface area (Å²) in [6, 6.07) is 0. The van der Waals surface area contributed by atoms with E-state index in [0.717, 1.165) is 83.1 Å². The van der Waals surface area contributed by atoms with Gasteiger partial charge in [0.25, 0.3) is 0 Å². The lowest BCUT2D eigenvalue weighted by Crippen LogP contribution is -2.40. The Morgan fingerprint density at radius 1 is 0.258 bits per heavy atom. The molecule has 0 aliphatic carbocycles. The first-order chi connectivity index (χ1) is 30.4. The van der Waals surface area contributed by atoms with E-state index in [2.05, 4.69) is 14.2 Å². The highest BCUT2D eigenvalue weighted by atomic mass is 16.7. The fourth-order valence-corrected chi connectivity index (χ4v) is 3.83. The van der Waals surface area contributed by atoms with E-state index < -0.39 is 164 Å². The Morgan fingerprint density at radius 3 is 0.591 bits per heavy atom. The molecular weight excluding hydrogens is 900 g/mol. The minimum absolute atomic E-state index is 0.965. The topological polar surface area (TPSA) is 376 Å². The number of carbonyl (C=O) groups is 12. The molecule has 0 aromatic heterocycles. The van der Waals surface area contributed by atoms with E-state index in [1.807, 2.05) is 0 Å². The summed E-state index contributed by atoms with van der Waals surface area (Å²) in [5.74, 6) is -15.0. The fourth-order valence-electron chi connectivity index (χ4n) is 3.83. The van der Waals surface area contributed by atoms with Crippen LogP contribution in [0, 0.1) is 0 Å². The van der Waals surface area contributed by atoms with Crippen molar-refractivity contribution in [3.05, 3.63) is 0 Å². The van der Waals surface area contributed by atoms with Crippen molar-refractivity contribution >= 4 is 71.6 Å². The monoisotopic (exact) mass is 956 g/mol. The van der Waals surface area contributed by atoms with Crippen LogP contribution in [0.15, 0.2) is 0 Å². The normalized spacial score (nSPS) is 16.8. The summed E-state index contributed by atoms with van der Waals surface area (Å²) in [5.41, 5.74) is 0. The Labute approximate surface area is 376 Å². The summed E-state index contributed by atoms with van der Waals surface area (Å²) in [5, 5.41) is 27.7. The average molecular weight is 957 g/mol. The second-order valence-corrected chi connectivity index (χ2v) is 14.1. The summed E-state index contributed by atoms with van der Waals surface area (Å²) in [6.07, 6.45) is -21.5. The van der Waals surface area contributed by atoms with Gasteiger partial charge in [-0.3, -0.25) is 0 Å². The van der Waals surface area contributed by atoms with E-state index in [0.29, 0.717) is 0 Å². The number of esters is 12. The van der Waals surface area contributed by atoms with Crippen LogP contribution in [-0.4, -0.2) is 180 Å². The number of aliphatic hydroxyl groups excluding tert-OH is 3. The molecule has 0 saturated heterocycles. The van der Waals surface area contributed by atoms with Crippen molar-refractivity contribution < 1.29 is 130 Å². The molecule has 0 saturated carbocycles. The molecule has 0 aliphatic heterocycles. The number of ether oxygens (including phenoxy) is 12. The van der Waals surface area contributed by atoms with Gasteiger partial charge in [-0.25, -0.2) is 57.5 Å². The number of aliphatic hydroxyl groups is 3. The quantitative estimate of drug-likeness (QED) is 0.0596. The van der Waals surface area contributed by atoms with Crippen LogP contribution in [0.1, 0.15) is 83.1 Å². The molecule has 0 bridgehead atoms. The van der Waals surface area contributed by atoms with Gasteiger partial charge in [-0.15, -0.1) is 0 Å². The molecule has 0 aromatic rings. The van der Waals surface area contributed by atoms with Gasteiger partial charge in [0.05, 0.1) is 0 Å². The molecule has 66 heavy (non-hydrogen) atoms. The van der Waals surface area contributed by atoms with E-state index in [1.54, 1.807) is 0 Å². The third-order valence-electron chi connectivity index (χ3n) is 7.75. The van der Waals surface area contributed by atoms with Crippen LogP contribution >= 0.6 is 0 Å². The largest absolute Gasteiger partial charge is 0.459 e. The van der Waals surface area contributed by atoms with Crippen molar-refractivity contribution in [2.75, 3.05) is 13.2 Å². The maximum Gasteiger partial charge on any atom is 0.347 e. The van der Waals surface area contributed by atoms with E-state index in [-0.39, 0.29) is 0 Å². The van der Waals surface area contributed by atoms with E-state index in [1.165, 1.54) is 0 Å². The highest BCUT2D eigenvalue weighted by molar-refractivity contribution is 5.87. The Morgan fingerprint density at radius 2 is 0.409 bits per heavy atom. The predicted molar refractivity (Wildman–Crippen MR) is 207 cm³/mol. The van der Waals surface area contributed by atoms with Gasteiger partial charge in [-0.05, 0) is 83.1 Å². The summed E-state index contributed by atoms with van der Waals surface area (Å²) in [4.78, 5) is 148. The van der Waals surface area contributed by atoms with E-state index in [4.69, 9.17) is 42.6 Å². The number of hydrogen-bond acceptors (Lipinski definition) is 27. The maximum absolute atomic E-state index is 13.0. The van der Waals surface area contributed by atoms with Crippen molar-refractivity contribution in [2.24, 2.45) is 0 Å². The zero-order valence-electron chi connectivity index (χ0n) is 38.1. The van der Waals surface area contributed by atoms with Gasteiger partial charge in [-0.2, -0.15) is 0 Å². The number of rotatable bonds is 26. The molecule has 27 heteroatoms. The summed E-state index contributed by atoms with van der Waals surface area (Å²) in [6.45, 7) is 10.7. The van der Waals surface area contributed by atoms with Crippen LogP contribution in [0.4, 0.5) is 0 Å². The van der Waals surface area contributed by atoms with E-state index in [9.17, 15) is 72.9 Å². The molecule has 0 spiro atoms. The van der Waals surface area contributed by atoms with Crippen LogP contribution < -0.4 is 0 Å². The molecule has 27 nitrogen and oxygen atoms in total. The van der Waals surface area contributed by atoms with Gasteiger partial charge in [0.15, 0.2) is 61.0 Å². The molecule has 0 aliphatic rings. The lowest BCUT2D eigenvalue weighted by Gasteiger charge is -2.23. The van der Waals surface area contributed by atoms with Gasteiger partial charge in [-0.1, -0.05) is 0 Å². The summed E-state index contributed by atoms with van der Waals surface area (Å²) in [7, 11) is 0. The van der Waals surface area contributed by atoms with Gasteiger partial charge < -0.3 is 72.2 Å². The van der Waals surface area contributed by atoms with Crippen molar-refractivity contribution in [3.63, 3.8) is 0 Å². The second-order valence-electron chi connectivity index (χ2n) is 14.1. The smallest absolute Gasteiger partial charge is 0.347 e. The van der Waals surface area contributed by atoms with Crippen molar-refractivity contribution in [1.82, 2.24) is 0 Å². The molecule has 12 atom stereocenters. The molecular formula is C39H56O27. The van der Waals surface area contributed by atoms with Crippen molar-refractivity contribution in [3.8, 4) is 0 Å². The fraction of sp³-hybridized carbons (Fsp3) is 0.692. The lowest BCUT2D eigenvalue weighted by molar-refractivity contribution is -0.190. The lowest BCUT2D eigenvalue weighted by atomic mass is 10.3. The zero-order chi connectivity index (χ0) is 51.3. The minimum atomic E-state index is -1.80. The zero-order valence-corrected chi connectivity index (χ0v) is 38.1. The van der Waals surface area contributed by atoms with E-state index >= 15 is 0 Å².